The highest BCUT2D eigenvalue weighted by Crippen LogP contribution is 2.20. The summed E-state index contributed by atoms with van der Waals surface area (Å²) in [6.07, 6.45) is 1.09. The molecular weight excluding hydrogens is 254 g/mol. The molecule has 18 heavy (non-hydrogen) atoms. The van der Waals surface area contributed by atoms with Crippen LogP contribution in [-0.4, -0.2) is 28.1 Å². The lowest BCUT2D eigenvalue weighted by atomic mass is 10.2. The van der Waals surface area contributed by atoms with E-state index in [1.165, 1.54) is 11.3 Å². The van der Waals surface area contributed by atoms with E-state index in [-0.39, 0.29) is 0 Å². The van der Waals surface area contributed by atoms with Gasteiger partial charge in [-0.2, -0.15) is 0 Å². The molecule has 2 amide bonds. The highest BCUT2D eigenvalue weighted by Gasteiger charge is 2.19. The van der Waals surface area contributed by atoms with Crippen molar-refractivity contribution in [2.24, 2.45) is 0 Å². The lowest BCUT2D eigenvalue weighted by molar-refractivity contribution is -0.139. The number of carbonyl (C=O) groups is 2. The highest BCUT2D eigenvalue weighted by atomic mass is 32.1. The van der Waals surface area contributed by atoms with Crippen LogP contribution in [0.2, 0.25) is 0 Å². The second-order valence-corrected chi connectivity index (χ2v) is 5.14. The Hall–Kier alpha value is -1.63. The molecule has 1 rings (SSSR count). The van der Waals surface area contributed by atoms with Crippen molar-refractivity contribution in [2.45, 2.75) is 39.7 Å². The van der Waals surface area contributed by atoms with Gasteiger partial charge >= 0.3 is 12.0 Å². The maximum atomic E-state index is 11.6. The number of thiazole rings is 1. The van der Waals surface area contributed by atoms with Gasteiger partial charge < -0.3 is 10.4 Å². The summed E-state index contributed by atoms with van der Waals surface area (Å²) < 4.78 is 0. The number of nitrogens with one attached hydrogen (secondary N) is 2. The van der Waals surface area contributed by atoms with Gasteiger partial charge in [0.25, 0.3) is 0 Å². The van der Waals surface area contributed by atoms with Gasteiger partial charge in [-0.05, 0) is 20.3 Å². The number of carboxylic acids is 1. The molecule has 0 bridgehead atoms. The lowest BCUT2D eigenvalue weighted by Gasteiger charge is -2.13. The molecule has 0 saturated heterocycles. The van der Waals surface area contributed by atoms with E-state index in [1.54, 1.807) is 0 Å². The number of carboxylic acid groups (broad SMARTS) is 1. The Bertz CT molecular complexity index is 425. The predicted octanol–water partition coefficient (Wildman–Crippen LogP) is 2.13. The fourth-order valence-corrected chi connectivity index (χ4v) is 2.17. The number of rotatable bonds is 5. The van der Waals surface area contributed by atoms with Crippen molar-refractivity contribution in [3.05, 3.63) is 10.6 Å². The smallest absolute Gasteiger partial charge is 0.326 e. The van der Waals surface area contributed by atoms with Gasteiger partial charge in [-0.25, -0.2) is 14.6 Å². The third-order valence-electron chi connectivity index (χ3n) is 2.43. The van der Waals surface area contributed by atoms with Crippen LogP contribution in [0, 0.1) is 13.8 Å². The molecule has 7 heteroatoms. The summed E-state index contributed by atoms with van der Waals surface area (Å²) in [5.74, 6) is -1.03. The van der Waals surface area contributed by atoms with Gasteiger partial charge in [-0.15, -0.1) is 11.3 Å². The number of anilines is 1. The minimum absolute atomic E-state index is 0.401. The molecule has 0 radical (unpaired) electrons. The molecule has 0 fully saturated rings. The molecule has 0 aliphatic heterocycles. The Kier molecular flexibility index (Phi) is 5.08. The number of aryl methyl sites for hydroxylation is 2. The van der Waals surface area contributed by atoms with Crippen molar-refractivity contribution in [3.63, 3.8) is 0 Å². The Morgan fingerprint density at radius 2 is 2.11 bits per heavy atom. The first-order valence-electron chi connectivity index (χ1n) is 5.68. The summed E-state index contributed by atoms with van der Waals surface area (Å²) in [5.41, 5.74) is 0.860. The number of aliphatic carboxylic acids is 1. The third-order valence-corrected chi connectivity index (χ3v) is 3.42. The zero-order valence-corrected chi connectivity index (χ0v) is 11.4. The van der Waals surface area contributed by atoms with Crippen molar-refractivity contribution in [1.82, 2.24) is 10.3 Å². The Labute approximate surface area is 109 Å². The number of hydrogen-bond donors (Lipinski definition) is 3. The topological polar surface area (TPSA) is 91.3 Å². The summed E-state index contributed by atoms with van der Waals surface area (Å²) in [5, 5.41) is 14.3. The minimum Gasteiger partial charge on any atom is -0.480 e. The van der Waals surface area contributed by atoms with Crippen molar-refractivity contribution in [3.8, 4) is 0 Å². The molecular formula is C11H17N3O3S. The van der Waals surface area contributed by atoms with Gasteiger partial charge in [0.1, 0.15) is 6.04 Å². The zero-order chi connectivity index (χ0) is 13.7. The molecule has 0 unspecified atom stereocenters. The number of aromatic nitrogens is 1. The molecule has 1 aromatic heterocycles. The van der Waals surface area contributed by atoms with Crippen LogP contribution in [-0.2, 0) is 4.79 Å². The fraction of sp³-hybridized carbons (Fsp3) is 0.545. The summed E-state index contributed by atoms with van der Waals surface area (Å²) in [6.45, 7) is 5.63. The van der Waals surface area contributed by atoms with E-state index in [0.29, 0.717) is 18.0 Å². The van der Waals surface area contributed by atoms with E-state index in [2.05, 4.69) is 15.6 Å². The number of amides is 2. The van der Waals surface area contributed by atoms with Crippen molar-refractivity contribution < 1.29 is 14.7 Å². The van der Waals surface area contributed by atoms with Crippen molar-refractivity contribution >= 4 is 28.5 Å². The largest absolute Gasteiger partial charge is 0.480 e. The SMILES string of the molecule is CCC[C@H](NC(=O)Nc1nc(C)c(C)s1)C(=O)O. The average molecular weight is 271 g/mol. The van der Waals surface area contributed by atoms with Crippen LogP contribution in [0.15, 0.2) is 0 Å². The molecule has 0 saturated carbocycles. The first kappa shape index (κ1) is 14.4. The van der Waals surface area contributed by atoms with Crippen LogP contribution in [0.5, 0.6) is 0 Å². The van der Waals surface area contributed by atoms with Crippen LogP contribution in [0.4, 0.5) is 9.93 Å². The van der Waals surface area contributed by atoms with Crippen LogP contribution < -0.4 is 10.6 Å². The van der Waals surface area contributed by atoms with Gasteiger partial charge in [-0.3, -0.25) is 5.32 Å². The molecule has 1 atom stereocenters. The van der Waals surface area contributed by atoms with Gasteiger partial charge in [0.2, 0.25) is 0 Å². The molecule has 6 nitrogen and oxygen atoms in total. The number of hydrogen-bond acceptors (Lipinski definition) is 4. The predicted molar refractivity (Wildman–Crippen MR) is 70.1 cm³/mol. The van der Waals surface area contributed by atoms with Crippen molar-refractivity contribution in [1.29, 1.82) is 0 Å². The zero-order valence-electron chi connectivity index (χ0n) is 10.6. The molecule has 0 aliphatic rings. The summed E-state index contributed by atoms with van der Waals surface area (Å²) in [4.78, 5) is 27.7. The van der Waals surface area contributed by atoms with Crippen molar-refractivity contribution in [2.75, 3.05) is 5.32 Å². The molecule has 0 aliphatic carbocycles. The summed E-state index contributed by atoms with van der Waals surface area (Å²) in [7, 11) is 0. The van der Waals surface area contributed by atoms with E-state index < -0.39 is 18.0 Å². The normalized spacial score (nSPS) is 11.9. The molecule has 0 spiro atoms. The average Bonchev–Trinajstić information content (AvgIpc) is 2.57. The maximum absolute atomic E-state index is 11.6. The highest BCUT2D eigenvalue weighted by molar-refractivity contribution is 7.15. The molecule has 1 heterocycles. The van der Waals surface area contributed by atoms with Crippen LogP contribution in [0.3, 0.4) is 0 Å². The number of urea groups is 1. The van der Waals surface area contributed by atoms with E-state index in [4.69, 9.17) is 5.11 Å². The summed E-state index contributed by atoms with van der Waals surface area (Å²) >= 11 is 1.36. The minimum atomic E-state index is -1.03. The van der Waals surface area contributed by atoms with Crippen LogP contribution in [0.1, 0.15) is 30.3 Å². The van der Waals surface area contributed by atoms with E-state index >= 15 is 0 Å². The monoisotopic (exact) mass is 271 g/mol. The fourth-order valence-electron chi connectivity index (χ4n) is 1.36. The standard InChI is InChI=1S/C11H17N3O3S/c1-4-5-8(9(15)16)13-10(17)14-11-12-6(2)7(3)18-11/h8H,4-5H2,1-3H3,(H,15,16)(H2,12,13,14,17)/t8-/m0/s1. The Morgan fingerprint density at radius 3 is 2.56 bits per heavy atom. The Morgan fingerprint density at radius 1 is 1.44 bits per heavy atom. The first-order valence-corrected chi connectivity index (χ1v) is 6.50. The quantitative estimate of drug-likeness (QED) is 0.765. The molecule has 100 valence electrons. The number of nitrogens with zero attached hydrogens (tertiary/aromatic N) is 1. The van der Waals surface area contributed by atoms with Gasteiger partial charge in [0.05, 0.1) is 5.69 Å². The first-order chi connectivity index (χ1) is 8.43. The third kappa shape index (κ3) is 3.99. The Balaban J connectivity index is 2.57. The van der Waals surface area contributed by atoms with E-state index in [0.717, 1.165) is 10.6 Å². The van der Waals surface area contributed by atoms with Gasteiger partial charge in [-0.1, -0.05) is 13.3 Å². The number of carbonyl (C=O) groups excluding carboxylic acids is 1. The molecule has 1 aromatic rings. The van der Waals surface area contributed by atoms with E-state index in [9.17, 15) is 9.59 Å². The maximum Gasteiger partial charge on any atom is 0.326 e. The second kappa shape index (κ2) is 6.34. The summed E-state index contributed by atoms with van der Waals surface area (Å²) in [6, 6.07) is -1.40. The van der Waals surface area contributed by atoms with Crippen LogP contribution in [0.25, 0.3) is 0 Å². The van der Waals surface area contributed by atoms with Gasteiger partial charge in [0, 0.05) is 4.88 Å². The lowest BCUT2D eigenvalue weighted by Crippen LogP contribution is -2.42. The molecule has 3 N–H and O–H groups in total. The molecule has 0 aromatic carbocycles. The second-order valence-electron chi connectivity index (χ2n) is 3.94. The van der Waals surface area contributed by atoms with Crippen LogP contribution >= 0.6 is 11.3 Å². The van der Waals surface area contributed by atoms with E-state index in [1.807, 2.05) is 20.8 Å². The van der Waals surface area contributed by atoms with Gasteiger partial charge in [0.15, 0.2) is 5.13 Å².